The van der Waals surface area contributed by atoms with Crippen LogP contribution in [0.25, 0.3) is 5.69 Å². The van der Waals surface area contributed by atoms with Gasteiger partial charge in [-0.3, -0.25) is 4.79 Å². The van der Waals surface area contributed by atoms with Crippen molar-refractivity contribution >= 4 is 11.6 Å². The Morgan fingerprint density at radius 1 is 1.08 bits per heavy atom. The summed E-state index contributed by atoms with van der Waals surface area (Å²) in [5.74, 6) is -4.82. The number of benzene rings is 2. The van der Waals surface area contributed by atoms with Gasteiger partial charge < -0.3 is 10.1 Å². The van der Waals surface area contributed by atoms with E-state index in [1.807, 2.05) is 0 Å². The first-order valence-electron chi connectivity index (χ1n) is 6.94. The first kappa shape index (κ1) is 16.4. The number of tetrazole rings is 1. The Bertz CT molecular complexity index is 885. The molecule has 0 saturated heterocycles. The molecule has 0 unspecified atom stereocenters. The van der Waals surface area contributed by atoms with Crippen LogP contribution in [0.4, 0.5) is 18.9 Å². The number of amides is 1. The molecule has 0 radical (unpaired) electrons. The Morgan fingerprint density at radius 3 is 2.52 bits per heavy atom. The summed E-state index contributed by atoms with van der Waals surface area (Å²) in [7, 11) is 0. The van der Waals surface area contributed by atoms with Crippen LogP contribution in [0, 0.1) is 17.5 Å². The second-order valence-corrected chi connectivity index (χ2v) is 4.81. The number of hydrogen-bond acceptors (Lipinski definition) is 5. The van der Waals surface area contributed by atoms with Gasteiger partial charge in [-0.1, -0.05) is 0 Å². The van der Waals surface area contributed by atoms with Crippen molar-refractivity contribution in [3.63, 3.8) is 0 Å². The molecule has 1 N–H and O–H groups in total. The van der Waals surface area contributed by atoms with E-state index >= 15 is 0 Å². The third-order valence-corrected chi connectivity index (χ3v) is 3.13. The van der Waals surface area contributed by atoms with Gasteiger partial charge in [0.2, 0.25) is 0 Å². The molecule has 1 heterocycles. The molecule has 1 aromatic heterocycles. The highest BCUT2D eigenvalue weighted by Crippen LogP contribution is 2.19. The van der Waals surface area contributed by atoms with Crippen molar-refractivity contribution in [2.24, 2.45) is 0 Å². The number of ether oxygens (including phenoxy) is 1. The molecule has 0 aliphatic carbocycles. The number of carbonyl (C=O) groups is 1. The van der Waals surface area contributed by atoms with E-state index in [4.69, 9.17) is 4.74 Å². The standard InChI is InChI=1S/C15H10F3N5O2/c16-11-5-6-12(15(18)14(11)17)20-13(24)7-25-10-3-1-9(2-4-10)23-8-19-21-22-23/h1-6,8H,7H2,(H,20,24). The quantitative estimate of drug-likeness (QED) is 0.714. The number of halogens is 3. The molecular formula is C15H10F3N5O2. The number of aromatic nitrogens is 4. The van der Waals surface area contributed by atoms with E-state index in [9.17, 15) is 18.0 Å². The summed E-state index contributed by atoms with van der Waals surface area (Å²) in [5.41, 5.74) is 0.215. The van der Waals surface area contributed by atoms with E-state index < -0.39 is 35.7 Å². The van der Waals surface area contributed by atoms with Crippen molar-refractivity contribution in [3.8, 4) is 11.4 Å². The van der Waals surface area contributed by atoms with Gasteiger partial charge in [0.05, 0.1) is 11.4 Å². The Balaban J connectivity index is 1.58. The lowest BCUT2D eigenvalue weighted by atomic mass is 10.3. The molecule has 0 saturated carbocycles. The average molecular weight is 349 g/mol. The fourth-order valence-electron chi connectivity index (χ4n) is 1.93. The van der Waals surface area contributed by atoms with Crippen LogP contribution < -0.4 is 10.1 Å². The lowest BCUT2D eigenvalue weighted by Gasteiger charge is -2.09. The molecule has 128 valence electrons. The molecule has 2 aromatic carbocycles. The zero-order valence-corrected chi connectivity index (χ0v) is 12.5. The van der Waals surface area contributed by atoms with E-state index in [0.717, 1.165) is 6.07 Å². The maximum Gasteiger partial charge on any atom is 0.262 e. The van der Waals surface area contributed by atoms with Crippen LogP contribution in [0.1, 0.15) is 0 Å². The molecule has 1 amide bonds. The zero-order chi connectivity index (χ0) is 17.8. The summed E-state index contributed by atoms with van der Waals surface area (Å²) < 4.78 is 46.1. The summed E-state index contributed by atoms with van der Waals surface area (Å²) in [6, 6.07) is 8.14. The van der Waals surface area contributed by atoms with Gasteiger partial charge in [-0.05, 0) is 46.8 Å². The van der Waals surface area contributed by atoms with Gasteiger partial charge >= 0.3 is 0 Å². The fraction of sp³-hybridized carbons (Fsp3) is 0.0667. The lowest BCUT2D eigenvalue weighted by Crippen LogP contribution is -2.21. The summed E-state index contributed by atoms with van der Waals surface area (Å²) in [6.45, 7) is -0.442. The lowest BCUT2D eigenvalue weighted by molar-refractivity contribution is -0.118. The molecule has 3 rings (SSSR count). The van der Waals surface area contributed by atoms with Crippen molar-refractivity contribution in [1.82, 2.24) is 20.2 Å². The number of nitrogens with one attached hydrogen (secondary N) is 1. The van der Waals surface area contributed by atoms with Crippen molar-refractivity contribution in [3.05, 3.63) is 60.2 Å². The SMILES string of the molecule is O=C(COc1ccc(-n2cnnn2)cc1)Nc1ccc(F)c(F)c1F. The normalized spacial score (nSPS) is 10.5. The van der Waals surface area contributed by atoms with Gasteiger partial charge in [-0.2, -0.15) is 0 Å². The molecule has 0 fully saturated rings. The minimum Gasteiger partial charge on any atom is -0.484 e. The Kier molecular flexibility index (Phi) is 4.59. The third-order valence-electron chi connectivity index (χ3n) is 3.13. The summed E-state index contributed by atoms with van der Waals surface area (Å²) in [6.07, 6.45) is 1.42. The molecule has 7 nitrogen and oxygen atoms in total. The Morgan fingerprint density at radius 2 is 1.84 bits per heavy atom. The monoisotopic (exact) mass is 349 g/mol. The molecule has 0 atom stereocenters. The number of anilines is 1. The van der Waals surface area contributed by atoms with Crippen LogP contribution in [0.5, 0.6) is 5.75 Å². The Labute approximate surface area is 139 Å². The van der Waals surface area contributed by atoms with Crippen molar-refractivity contribution in [2.45, 2.75) is 0 Å². The van der Waals surface area contributed by atoms with Crippen LogP contribution >= 0.6 is 0 Å². The first-order chi connectivity index (χ1) is 12.0. The number of carbonyl (C=O) groups excluding carboxylic acids is 1. The van der Waals surface area contributed by atoms with Crippen LogP contribution in [0.15, 0.2) is 42.7 Å². The van der Waals surface area contributed by atoms with Gasteiger partial charge in [0.25, 0.3) is 5.91 Å². The highest BCUT2D eigenvalue weighted by Gasteiger charge is 2.15. The predicted octanol–water partition coefficient (Wildman–Crippen LogP) is 2.10. The van der Waals surface area contributed by atoms with Gasteiger partial charge in [-0.25, -0.2) is 17.9 Å². The van der Waals surface area contributed by atoms with Crippen molar-refractivity contribution < 1.29 is 22.7 Å². The number of nitrogens with zero attached hydrogens (tertiary/aromatic N) is 4. The van der Waals surface area contributed by atoms with Crippen LogP contribution in [-0.4, -0.2) is 32.7 Å². The van der Waals surface area contributed by atoms with Gasteiger partial charge in [0, 0.05) is 0 Å². The molecule has 0 aliphatic heterocycles. The number of hydrogen-bond donors (Lipinski definition) is 1. The van der Waals surface area contributed by atoms with Crippen LogP contribution in [0.2, 0.25) is 0 Å². The summed E-state index contributed by atoms with van der Waals surface area (Å²) in [4.78, 5) is 11.7. The van der Waals surface area contributed by atoms with Crippen molar-refractivity contribution in [2.75, 3.05) is 11.9 Å². The third kappa shape index (κ3) is 3.74. The van der Waals surface area contributed by atoms with Crippen LogP contribution in [-0.2, 0) is 4.79 Å². The highest BCUT2D eigenvalue weighted by molar-refractivity contribution is 5.92. The van der Waals surface area contributed by atoms with Crippen LogP contribution in [0.3, 0.4) is 0 Å². The maximum absolute atomic E-state index is 13.5. The maximum atomic E-state index is 13.5. The van der Waals surface area contributed by atoms with Gasteiger partial charge in [0.15, 0.2) is 24.1 Å². The molecule has 10 heteroatoms. The molecule has 0 spiro atoms. The van der Waals surface area contributed by atoms with Crippen molar-refractivity contribution in [1.29, 1.82) is 0 Å². The second-order valence-electron chi connectivity index (χ2n) is 4.81. The van der Waals surface area contributed by atoms with Gasteiger partial charge in [-0.15, -0.1) is 5.10 Å². The molecule has 0 aliphatic rings. The first-order valence-corrected chi connectivity index (χ1v) is 6.94. The zero-order valence-electron chi connectivity index (χ0n) is 12.5. The molecular weight excluding hydrogens is 339 g/mol. The highest BCUT2D eigenvalue weighted by atomic mass is 19.2. The van der Waals surface area contributed by atoms with E-state index in [1.54, 1.807) is 24.3 Å². The van der Waals surface area contributed by atoms with E-state index in [2.05, 4.69) is 20.8 Å². The summed E-state index contributed by atoms with van der Waals surface area (Å²) in [5, 5.41) is 12.8. The minimum atomic E-state index is -1.66. The molecule has 3 aromatic rings. The predicted molar refractivity (Wildman–Crippen MR) is 79.6 cm³/mol. The largest absolute Gasteiger partial charge is 0.484 e. The fourth-order valence-corrected chi connectivity index (χ4v) is 1.93. The Hall–Kier alpha value is -3.43. The average Bonchev–Trinajstić information content (AvgIpc) is 3.16. The van der Waals surface area contributed by atoms with E-state index in [-0.39, 0.29) is 0 Å². The van der Waals surface area contributed by atoms with Gasteiger partial charge in [0.1, 0.15) is 12.1 Å². The second kappa shape index (κ2) is 6.99. The number of rotatable bonds is 5. The minimum absolute atomic E-state index is 0.373. The molecule has 0 bridgehead atoms. The summed E-state index contributed by atoms with van der Waals surface area (Å²) >= 11 is 0. The van der Waals surface area contributed by atoms with E-state index in [0.29, 0.717) is 17.5 Å². The molecule has 25 heavy (non-hydrogen) atoms. The smallest absolute Gasteiger partial charge is 0.262 e. The topological polar surface area (TPSA) is 81.9 Å². The van der Waals surface area contributed by atoms with E-state index in [1.165, 1.54) is 11.0 Å².